The zero-order chi connectivity index (χ0) is 15.1. The molecule has 0 radical (unpaired) electrons. The summed E-state index contributed by atoms with van der Waals surface area (Å²) in [6, 6.07) is 7.88. The maximum Gasteiger partial charge on any atom is 0.328 e. The Balaban J connectivity index is 2.03. The van der Waals surface area contributed by atoms with Gasteiger partial charge in [0.05, 0.1) is 30.4 Å². The number of nitrogens with zero attached hydrogens (tertiary/aromatic N) is 1. The van der Waals surface area contributed by atoms with E-state index < -0.39 is 12.0 Å². The SMILES string of the molecule is O=C=C(c1cnc[nH]1)C(NOCc1ccccc1)C(=O)O. The average molecular weight is 287 g/mol. The minimum absolute atomic E-state index is 0.118. The van der Waals surface area contributed by atoms with Crippen LogP contribution in [0.25, 0.3) is 5.57 Å². The molecule has 0 aliphatic rings. The molecule has 0 saturated heterocycles. The fourth-order valence-corrected chi connectivity index (χ4v) is 1.69. The summed E-state index contributed by atoms with van der Waals surface area (Å²) in [5.74, 6) is 0.353. The summed E-state index contributed by atoms with van der Waals surface area (Å²) in [7, 11) is 0. The van der Waals surface area contributed by atoms with Crippen LogP contribution in [0, 0.1) is 0 Å². The van der Waals surface area contributed by atoms with Gasteiger partial charge in [-0.25, -0.2) is 9.78 Å². The van der Waals surface area contributed by atoms with E-state index >= 15 is 0 Å². The first-order valence-corrected chi connectivity index (χ1v) is 6.10. The number of benzene rings is 1. The number of nitrogens with one attached hydrogen (secondary N) is 2. The average Bonchev–Trinajstić information content (AvgIpc) is 3.01. The Morgan fingerprint density at radius 2 is 2.19 bits per heavy atom. The number of H-pyrrole nitrogens is 1. The summed E-state index contributed by atoms with van der Waals surface area (Å²) in [5.41, 5.74) is 3.38. The topological polar surface area (TPSA) is 104 Å². The number of carbonyl (C=O) groups is 1. The number of carboxylic acid groups (broad SMARTS) is 1. The molecule has 108 valence electrons. The van der Waals surface area contributed by atoms with E-state index in [0.29, 0.717) is 0 Å². The van der Waals surface area contributed by atoms with Crippen molar-refractivity contribution in [2.24, 2.45) is 0 Å². The number of rotatable bonds is 7. The molecule has 7 heteroatoms. The van der Waals surface area contributed by atoms with Crippen LogP contribution < -0.4 is 5.48 Å². The Kier molecular flexibility index (Phi) is 5.00. The molecule has 0 fully saturated rings. The second kappa shape index (κ2) is 7.16. The third kappa shape index (κ3) is 3.87. The van der Waals surface area contributed by atoms with Crippen LogP contribution in [0.3, 0.4) is 0 Å². The van der Waals surface area contributed by atoms with Gasteiger partial charge in [-0.3, -0.25) is 9.63 Å². The molecule has 7 nitrogen and oxygen atoms in total. The Labute approximate surface area is 120 Å². The molecule has 1 aromatic heterocycles. The van der Waals surface area contributed by atoms with Crippen LogP contribution >= 0.6 is 0 Å². The van der Waals surface area contributed by atoms with E-state index in [1.54, 1.807) is 5.94 Å². The number of imidazole rings is 1. The van der Waals surface area contributed by atoms with Gasteiger partial charge < -0.3 is 10.1 Å². The van der Waals surface area contributed by atoms with Gasteiger partial charge in [0.2, 0.25) is 0 Å². The molecule has 1 heterocycles. The molecular formula is C14H13N3O4. The second-order valence-electron chi connectivity index (χ2n) is 4.14. The zero-order valence-electron chi connectivity index (χ0n) is 10.9. The number of hydrogen-bond donors (Lipinski definition) is 3. The van der Waals surface area contributed by atoms with Crippen LogP contribution in [-0.2, 0) is 21.0 Å². The summed E-state index contributed by atoms with van der Waals surface area (Å²) >= 11 is 0. The number of carboxylic acids is 1. The van der Waals surface area contributed by atoms with Crippen LogP contribution in [0.15, 0.2) is 42.9 Å². The first-order chi connectivity index (χ1) is 10.2. The highest BCUT2D eigenvalue weighted by Gasteiger charge is 2.26. The van der Waals surface area contributed by atoms with Gasteiger partial charge in [0.1, 0.15) is 5.94 Å². The van der Waals surface area contributed by atoms with Crippen LogP contribution in [0.4, 0.5) is 0 Å². The number of carbonyl (C=O) groups excluding carboxylic acids is 1. The molecule has 2 aromatic rings. The lowest BCUT2D eigenvalue weighted by atomic mass is 10.1. The Morgan fingerprint density at radius 3 is 2.76 bits per heavy atom. The fourth-order valence-electron chi connectivity index (χ4n) is 1.69. The lowest BCUT2D eigenvalue weighted by Crippen LogP contribution is -2.38. The minimum atomic E-state index is -1.34. The molecule has 3 N–H and O–H groups in total. The Hall–Kier alpha value is -2.73. The fraction of sp³-hybridized carbons (Fsp3) is 0.143. The molecule has 1 aromatic carbocycles. The zero-order valence-corrected chi connectivity index (χ0v) is 10.9. The molecular weight excluding hydrogens is 274 g/mol. The van der Waals surface area contributed by atoms with Crippen molar-refractivity contribution < 1.29 is 19.5 Å². The first kappa shape index (κ1) is 14.7. The van der Waals surface area contributed by atoms with E-state index in [2.05, 4.69) is 15.4 Å². The number of aliphatic carboxylic acids is 1. The normalized spacial score (nSPS) is 11.6. The quantitative estimate of drug-likeness (QED) is 0.514. The van der Waals surface area contributed by atoms with Crippen molar-refractivity contribution in [3.05, 3.63) is 54.1 Å². The van der Waals surface area contributed by atoms with Crippen molar-refractivity contribution in [2.45, 2.75) is 12.6 Å². The maximum atomic E-state index is 11.3. The highest BCUT2D eigenvalue weighted by atomic mass is 16.6. The molecule has 1 atom stereocenters. The number of hydroxylamine groups is 1. The number of hydrogen-bond acceptors (Lipinski definition) is 5. The highest BCUT2D eigenvalue weighted by molar-refractivity contribution is 6.00. The van der Waals surface area contributed by atoms with Gasteiger partial charge in [-0.15, -0.1) is 0 Å². The van der Waals surface area contributed by atoms with Gasteiger partial charge in [-0.2, -0.15) is 5.48 Å². The Bertz CT molecular complexity index is 634. The number of aromatic amines is 1. The van der Waals surface area contributed by atoms with E-state index in [1.807, 2.05) is 30.3 Å². The molecule has 21 heavy (non-hydrogen) atoms. The van der Waals surface area contributed by atoms with Crippen LogP contribution in [0.2, 0.25) is 0 Å². The molecule has 1 unspecified atom stereocenters. The number of aromatic nitrogens is 2. The largest absolute Gasteiger partial charge is 0.480 e. The standard InChI is InChI=1S/C14H13N3O4/c18-7-11(12-6-15-9-16-12)13(14(19)20)17-21-8-10-4-2-1-3-5-10/h1-6,9,13,17H,8H2,(H,15,16)(H,19,20). The van der Waals surface area contributed by atoms with Crippen LogP contribution in [0.1, 0.15) is 11.3 Å². The first-order valence-electron chi connectivity index (χ1n) is 6.10. The molecule has 0 aliphatic heterocycles. The summed E-state index contributed by atoms with van der Waals surface area (Å²) in [4.78, 5) is 33.8. The highest BCUT2D eigenvalue weighted by Crippen LogP contribution is 2.13. The molecule has 0 saturated carbocycles. The van der Waals surface area contributed by atoms with Crippen molar-refractivity contribution in [2.75, 3.05) is 0 Å². The third-order valence-electron chi connectivity index (χ3n) is 2.72. The monoisotopic (exact) mass is 287 g/mol. The molecule has 0 spiro atoms. The summed E-state index contributed by atoms with van der Waals surface area (Å²) < 4.78 is 0. The molecule has 0 bridgehead atoms. The predicted octanol–water partition coefficient (Wildman–Crippen LogP) is 0.799. The van der Waals surface area contributed by atoms with Crippen molar-refractivity contribution >= 4 is 17.5 Å². The molecule has 0 aliphatic carbocycles. The second-order valence-corrected chi connectivity index (χ2v) is 4.14. The van der Waals surface area contributed by atoms with Crippen LogP contribution in [0.5, 0.6) is 0 Å². The Morgan fingerprint density at radius 1 is 1.43 bits per heavy atom. The van der Waals surface area contributed by atoms with E-state index in [0.717, 1.165) is 5.56 Å². The van der Waals surface area contributed by atoms with Crippen LogP contribution in [-0.4, -0.2) is 33.0 Å². The lowest BCUT2D eigenvalue weighted by molar-refractivity contribution is -0.142. The maximum absolute atomic E-state index is 11.3. The third-order valence-corrected chi connectivity index (χ3v) is 2.72. The minimum Gasteiger partial charge on any atom is -0.480 e. The summed E-state index contributed by atoms with van der Waals surface area (Å²) in [6.45, 7) is 0.166. The van der Waals surface area contributed by atoms with E-state index in [-0.39, 0.29) is 17.9 Å². The predicted molar refractivity (Wildman–Crippen MR) is 73.5 cm³/mol. The van der Waals surface area contributed by atoms with E-state index in [9.17, 15) is 14.7 Å². The van der Waals surface area contributed by atoms with Gasteiger partial charge in [0, 0.05) is 0 Å². The van der Waals surface area contributed by atoms with Crippen molar-refractivity contribution in [3.8, 4) is 0 Å². The molecule has 2 rings (SSSR count). The van der Waals surface area contributed by atoms with Gasteiger partial charge in [0.25, 0.3) is 0 Å². The van der Waals surface area contributed by atoms with Gasteiger partial charge in [-0.05, 0) is 5.56 Å². The van der Waals surface area contributed by atoms with E-state index in [4.69, 9.17) is 4.84 Å². The summed E-state index contributed by atoms with van der Waals surface area (Å²) in [6.07, 6.45) is 2.69. The van der Waals surface area contributed by atoms with Gasteiger partial charge >= 0.3 is 5.97 Å². The van der Waals surface area contributed by atoms with Gasteiger partial charge in [0.15, 0.2) is 6.04 Å². The smallest absolute Gasteiger partial charge is 0.328 e. The van der Waals surface area contributed by atoms with E-state index in [1.165, 1.54) is 12.5 Å². The van der Waals surface area contributed by atoms with Gasteiger partial charge in [-0.1, -0.05) is 30.3 Å². The lowest BCUT2D eigenvalue weighted by Gasteiger charge is -2.14. The van der Waals surface area contributed by atoms with Crippen molar-refractivity contribution in [1.82, 2.24) is 15.4 Å². The van der Waals surface area contributed by atoms with Crippen molar-refractivity contribution in [1.29, 1.82) is 0 Å². The van der Waals surface area contributed by atoms with Crippen molar-refractivity contribution in [3.63, 3.8) is 0 Å². The molecule has 0 amide bonds. The summed E-state index contributed by atoms with van der Waals surface area (Å²) in [5, 5.41) is 9.19.